The standard InChI is InChI=1S/C12H12BrClN4O/c1-3-7-4-8(13)5-9(14)10(7)18-6-16-11(15-2)17-12(18)19/h4-6H,3H2,1-2H3,(H,15,17,19). The van der Waals surface area contributed by atoms with Crippen molar-refractivity contribution in [3.05, 3.63) is 44.0 Å². The van der Waals surface area contributed by atoms with E-state index in [1.54, 1.807) is 13.1 Å². The largest absolute Gasteiger partial charge is 0.357 e. The molecule has 0 spiro atoms. The summed E-state index contributed by atoms with van der Waals surface area (Å²) in [5, 5.41) is 3.20. The van der Waals surface area contributed by atoms with E-state index in [0.717, 1.165) is 16.5 Å². The van der Waals surface area contributed by atoms with Crippen LogP contribution in [-0.2, 0) is 6.42 Å². The van der Waals surface area contributed by atoms with Crippen molar-refractivity contribution in [1.82, 2.24) is 14.5 Å². The third-order valence-corrected chi connectivity index (χ3v) is 3.40. The fourth-order valence-electron chi connectivity index (χ4n) is 1.77. The van der Waals surface area contributed by atoms with Crippen LogP contribution in [0, 0.1) is 0 Å². The lowest BCUT2D eigenvalue weighted by Gasteiger charge is -2.12. The quantitative estimate of drug-likeness (QED) is 0.931. The summed E-state index contributed by atoms with van der Waals surface area (Å²) in [5.41, 5.74) is 1.15. The van der Waals surface area contributed by atoms with Gasteiger partial charge in [0.05, 0.1) is 10.7 Å². The van der Waals surface area contributed by atoms with Gasteiger partial charge in [0.1, 0.15) is 6.33 Å². The maximum atomic E-state index is 12.0. The van der Waals surface area contributed by atoms with Gasteiger partial charge in [-0.05, 0) is 24.1 Å². The second-order valence-electron chi connectivity index (χ2n) is 3.83. The predicted octanol–water partition coefficient (Wildman–Crippen LogP) is 2.65. The van der Waals surface area contributed by atoms with Crippen LogP contribution in [0.4, 0.5) is 5.95 Å². The molecule has 0 unspecified atom stereocenters. The van der Waals surface area contributed by atoms with Crippen LogP contribution in [0.1, 0.15) is 12.5 Å². The zero-order valence-corrected chi connectivity index (χ0v) is 12.8. The summed E-state index contributed by atoms with van der Waals surface area (Å²) >= 11 is 9.62. The van der Waals surface area contributed by atoms with Crippen LogP contribution in [-0.4, -0.2) is 21.6 Å². The van der Waals surface area contributed by atoms with Crippen LogP contribution in [0.5, 0.6) is 0 Å². The molecule has 0 atom stereocenters. The van der Waals surface area contributed by atoms with Crippen molar-refractivity contribution in [3.8, 4) is 5.69 Å². The Bertz CT molecular complexity index is 671. The number of nitrogens with zero attached hydrogens (tertiary/aromatic N) is 3. The third-order valence-electron chi connectivity index (χ3n) is 2.66. The molecule has 1 aromatic carbocycles. The lowest BCUT2D eigenvalue weighted by molar-refractivity contribution is 0.850. The van der Waals surface area contributed by atoms with E-state index in [9.17, 15) is 4.79 Å². The number of aromatic nitrogens is 3. The first-order valence-corrected chi connectivity index (χ1v) is 6.85. The van der Waals surface area contributed by atoms with Crippen LogP contribution in [0.3, 0.4) is 0 Å². The molecule has 0 amide bonds. The molecule has 0 bridgehead atoms. The highest BCUT2D eigenvalue weighted by Crippen LogP contribution is 2.28. The second-order valence-corrected chi connectivity index (χ2v) is 5.15. The number of hydrogen-bond acceptors (Lipinski definition) is 4. The number of hydrogen-bond donors (Lipinski definition) is 1. The Balaban J connectivity index is 2.68. The van der Waals surface area contributed by atoms with E-state index < -0.39 is 5.69 Å². The molecule has 5 nitrogen and oxygen atoms in total. The average Bonchev–Trinajstić information content (AvgIpc) is 2.38. The summed E-state index contributed by atoms with van der Waals surface area (Å²) in [5.74, 6) is 0.285. The first-order valence-electron chi connectivity index (χ1n) is 5.68. The lowest BCUT2D eigenvalue weighted by atomic mass is 10.1. The Morgan fingerprint density at radius 2 is 2.21 bits per heavy atom. The van der Waals surface area contributed by atoms with Gasteiger partial charge in [0.25, 0.3) is 0 Å². The minimum Gasteiger partial charge on any atom is -0.357 e. The van der Waals surface area contributed by atoms with Crippen molar-refractivity contribution in [2.45, 2.75) is 13.3 Å². The zero-order valence-electron chi connectivity index (χ0n) is 10.4. The van der Waals surface area contributed by atoms with E-state index in [-0.39, 0.29) is 5.95 Å². The number of benzene rings is 1. The Morgan fingerprint density at radius 3 is 2.79 bits per heavy atom. The Labute approximate surface area is 123 Å². The minimum absolute atomic E-state index is 0.285. The molecule has 2 aromatic rings. The van der Waals surface area contributed by atoms with Gasteiger partial charge in [-0.25, -0.2) is 14.3 Å². The summed E-state index contributed by atoms with van der Waals surface area (Å²) in [4.78, 5) is 19.9. The van der Waals surface area contributed by atoms with Gasteiger partial charge in [-0.3, -0.25) is 0 Å². The molecule has 2 rings (SSSR count). The van der Waals surface area contributed by atoms with Crippen molar-refractivity contribution in [2.75, 3.05) is 12.4 Å². The fourth-order valence-corrected chi connectivity index (χ4v) is 2.73. The average molecular weight is 344 g/mol. The van der Waals surface area contributed by atoms with Crippen LogP contribution in [0.15, 0.2) is 27.7 Å². The number of aryl methyl sites for hydroxylation is 1. The summed E-state index contributed by atoms with van der Waals surface area (Å²) < 4.78 is 2.23. The molecule has 100 valence electrons. The molecule has 1 N–H and O–H groups in total. The van der Waals surface area contributed by atoms with Crippen LogP contribution < -0.4 is 11.0 Å². The maximum Gasteiger partial charge on any atom is 0.356 e. The summed E-state index contributed by atoms with van der Waals surface area (Å²) in [6.45, 7) is 2.00. The smallest absolute Gasteiger partial charge is 0.356 e. The molecule has 0 saturated heterocycles. The molecule has 0 aliphatic heterocycles. The number of halogens is 2. The van der Waals surface area contributed by atoms with Gasteiger partial charge in [0.15, 0.2) is 0 Å². The molecule has 0 aliphatic rings. The fraction of sp³-hybridized carbons (Fsp3) is 0.250. The number of anilines is 1. The Kier molecular flexibility index (Phi) is 4.21. The second kappa shape index (κ2) is 5.71. The van der Waals surface area contributed by atoms with E-state index in [0.29, 0.717) is 10.7 Å². The Morgan fingerprint density at radius 1 is 1.47 bits per heavy atom. The van der Waals surface area contributed by atoms with E-state index >= 15 is 0 Å². The highest BCUT2D eigenvalue weighted by atomic mass is 79.9. The molecule has 1 aromatic heterocycles. The number of rotatable bonds is 3. The van der Waals surface area contributed by atoms with Gasteiger partial charge in [-0.15, -0.1) is 0 Å². The highest BCUT2D eigenvalue weighted by Gasteiger charge is 2.12. The summed E-state index contributed by atoms with van der Waals surface area (Å²) in [7, 11) is 1.66. The molecule has 7 heteroatoms. The highest BCUT2D eigenvalue weighted by molar-refractivity contribution is 9.10. The predicted molar refractivity (Wildman–Crippen MR) is 79.3 cm³/mol. The van der Waals surface area contributed by atoms with Crippen molar-refractivity contribution >= 4 is 33.5 Å². The van der Waals surface area contributed by atoms with E-state index in [2.05, 4.69) is 31.2 Å². The van der Waals surface area contributed by atoms with Gasteiger partial charge >= 0.3 is 5.69 Å². The van der Waals surface area contributed by atoms with E-state index in [4.69, 9.17) is 11.6 Å². The molecule has 0 aliphatic carbocycles. The van der Waals surface area contributed by atoms with Gasteiger partial charge in [-0.1, -0.05) is 34.5 Å². The molecular weight excluding hydrogens is 332 g/mol. The van der Waals surface area contributed by atoms with Crippen molar-refractivity contribution in [3.63, 3.8) is 0 Å². The Hall–Kier alpha value is -1.40. The topological polar surface area (TPSA) is 59.8 Å². The van der Waals surface area contributed by atoms with Gasteiger partial charge < -0.3 is 5.32 Å². The maximum absolute atomic E-state index is 12.0. The molecule has 0 saturated carbocycles. The van der Waals surface area contributed by atoms with Crippen LogP contribution in [0.2, 0.25) is 5.02 Å². The summed E-state index contributed by atoms with van der Waals surface area (Å²) in [6, 6.07) is 3.67. The van der Waals surface area contributed by atoms with Gasteiger partial charge in [-0.2, -0.15) is 4.98 Å². The molecule has 1 heterocycles. The lowest BCUT2D eigenvalue weighted by Crippen LogP contribution is -2.24. The molecule has 19 heavy (non-hydrogen) atoms. The molecule has 0 fully saturated rings. The monoisotopic (exact) mass is 342 g/mol. The number of nitrogens with one attached hydrogen (secondary N) is 1. The normalized spacial score (nSPS) is 10.5. The SMILES string of the molecule is CCc1cc(Br)cc(Cl)c1-n1cnc(NC)nc1=O. The first-order chi connectivity index (χ1) is 9.06. The summed E-state index contributed by atoms with van der Waals surface area (Å²) in [6.07, 6.45) is 2.17. The van der Waals surface area contributed by atoms with Gasteiger partial charge in [0.2, 0.25) is 5.95 Å². The van der Waals surface area contributed by atoms with E-state index in [1.807, 2.05) is 13.0 Å². The van der Waals surface area contributed by atoms with Crippen LogP contribution >= 0.6 is 27.5 Å². The van der Waals surface area contributed by atoms with Gasteiger partial charge in [0, 0.05) is 11.5 Å². The van der Waals surface area contributed by atoms with Crippen molar-refractivity contribution in [1.29, 1.82) is 0 Å². The third kappa shape index (κ3) is 2.79. The zero-order chi connectivity index (χ0) is 14.0. The van der Waals surface area contributed by atoms with Crippen LogP contribution in [0.25, 0.3) is 5.69 Å². The van der Waals surface area contributed by atoms with Crippen molar-refractivity contribution in [2.24, 2.45) is 0 Å². The van der Waals surface area contributed by atoms with E-state index in [1.165, 1.54) is 10.9 Å². The first kappa shape index (κ1) is 14.0. The van der Waals surface area contributed by atoms with Crippen molar-refractivity contribution < 1.29 is 0 Å². The molecule has 0 radical (unpaired) electrons. The molecular formula is C12H12BrClN4O. The minimum atomic E-state index is -0.418.